The first-order valence-corrected chi connectivity index (χ1v) is 44.2. The van der Waals surface area contributed by atoms with Crippen LogP contribution >= 0.6 is 0 Å². The monoisotopic (exact) mass is 1560 g/mol. The molecule has 5 saturated carbocycles. The molecule has 3 aliphatic heterocycles. The Hall–Kier alpha value is -8.79. The largest absolute Gasteiger partial charge is 0.393 e. The first-order valence-electron chi connectivity index (χ1n) is 44.2. The van der Waals surface area contributed by atoms with E-state index in [1.54, 1.807) is 0 Å². The molecular formula is C94H127N15O6. The van der Waals surface area contributed by atoms with Gasteiger partial charge >= 0.3 is 0 Å². The molecule has 21 heteroatoms. The van der Waals surface area contributed by atoms with E-state index < -0.39 is 0 Å². The van der Waals surface area contributed by atoms with Crippen molar-refractivity contribution < 1.29 is 29.7 Å². The van der Waals surface area contributed by atoms with Gasteiger partial charge in [-0.15, -0.1) is 0 Å². The number of nitrogens with one attached hydrogen (secondary N) is 3. The lowest BCUT2D eigenvalue weighted by atomic mass is 9.89. The van der Waals surface area contributed by atoms with E-state index in [0.29, 0.717) is 59.8 Å². The highest BCUT2D eigenvalue weighted by atomic mass is 16.3. The normalized spacial score (nSPS) is 24.2. The van der Waals surface area contributed by atoms with E-state index in [1.807, 2.05) is 83.5 Å². The molecule has 17 rings (SSSR count). The van der Waals surface area contributed by atoms with Crippen molar-refractivity contribution in [1.29, 1.82) is 0 Å². The van der Waals surface area contributed by atoms with Gasteiger partial charge in [0.2, 0.25) is 17.8 Å². The van der Waals surface area contributed by atoms with Crippen LogP contribution in [-0.2, 0) is 0 Å². The number of benzene rings is 3. The number of likely N-dealkylation sites (tertiary alicyclic amines) is 3. The number of aliphatic hydroxyl groups excluding tert-OH is 3. The molecule has 6 N–H and O–H groups in total. The van der Waals surface area contributed by atoms with Crippen molar-refractivity contribution in [3.63, 3.8) is 0 Å². The summed E-state index contributed by atoms with van der Waals surface area (Å²) in [6.07, 6.45) is 36.0. The van der Waals surface area contributed by atoms with Crippen molar-refractivity contribution >= 4 is 68.7 Å². The molecule has 0 radical (unpaired) electrons. The zero-order valence-corrected chi connectivity index (χ0v) is 70.1. The summed E-state index contributed by atoms with van der Waals surface area (Å²) < 4.78 is 7.12. The average molecular weight is 1560 g/mol. The van der Waals surface area contributed by atoms with Crippen molar-refractivity contribution in [2.45, 2.75) is 290 Å². The number of hydrogen-bond donors (Lipinski definition) is 6. The van der Waals surface area contributed by atoms with E-state index in [0.717, 1.165) is 281 Å². The summed E-state index contributed by atoms with van der Waals surface area (Å²) in [6, 6.07) is 20.4. The summed E-state index contributed by atoms with van der Waals surface area (Å²) >= 11 is 0. The lowest BCUT2D eigenvalue weighted by Crippen LogP contribution is -2.38. The van der Waals surface area contributed by atoms with Crippen molar-refractivity contribution in [2.24, 2.45) is 17.8 Å². The standard InChI is InChI=1S/C32H45N5O2.2C31H41N5O2/c1-5-23(6-2)18-33-32-34-19-28-29(20-37(30(28)35-32)26-7-9-27(38)10-8-26)24-11-13-36(14-12-24)31(39)25-16-21(3)15-22(4)17-25;2*1-4-21-16-28(21)33-31-32-17-26-27(18-36(29(26)34-31)24-5-7-25(37)8-6-24)22-9-11-35(12-10-22)30(38)23-14-19(2)13-20(3)15-23/h15-17,19-20,23-24,26-27,38H,5-14,18H2,1-4H3,(H,33,34,35);2*13-15,17-18,21-22,24-25,28,37H,4-12,16H2,1-3H3,(H,32,33,34)/t;2*21-,24?,25?,28-/m.10/s1. The minimum absolute atomic E-state index is 0.139. The average Bonchev–Trinajstić information content (AvgIpc) is 1.62. The van der Waals surface area contributed by atoms with Gasteiger partial charge in [0, 0.05) is 146 Å². The fraction of sp³-hybridized carbons (Fsp3) is 0.585. The third-order valence-corrected chi connectivity index (χ3v) is 27.3. The van der Waals surface area contributed by atoms with Gasteiger partial charge in [-0.1, -0.05) is 105 Å². The number of fused-ring (bicyclic) bond motifs is 3. The molecule has 0 unspecified atom stereocenters. The smallest absolute Gasteiger partial charge is 0.253 e. The topological polar surface area (TPSA) is 250 Å². The Morgan fingerprint density at radius 3 is 0.939 bits per heavy atom. The summed E-state index contributed by atoms with van der Waals surface area (Å²) in [5.74, 6) is 5.79. The highest BCUT2D eigenvalue weighted by Crippen LogP contribution is 2.45. The molecule has 614 valence electrons. The van der Waals surface area contributed by atoms with E-state index >= 15 is 0 Å². The maximum Gasteiger partial charge on any atom is 0.253 e. The van der Waals surface area contributed by atoms with Crippen LogP contribution < -0.4 is 16.0 Å². The molecule has 6 aromatic heterocycles. The van der Waals surface area contributed by atoms with Gasteiger partial charge in [-0.2, -0.15) is 15.0 Å². The van der Waals surface area contributed by atoms with Crippen LogP contribution in [-0.4, -0.2) is 168 Å². The van der Waals surface area contributed by atoms with Gasteiger partial charge in [0.1, 0.15) is 16.9 Å². The van der Waals surface area contributed by atoms with Crippen molar-refractivity contribution in [2.75, 3.05) is 61.8 Å². The Bertz CT molecular complexity index is 4610. The molecule has 0 bridgehead atoms. The third kappa shape index (κ3) is 18.9. The Morgan fingerprint density at radius 1 is 0.391 bits per heavy atom. The quantitative estimate of drug-likeness (QED) is 0.0415. The van der Waals surface area contributed by atoms with Gasteiger partial charge in [0.25, 0.3) is 17.7 Å². The van der Waals surface area contributed by atoms with Crippen LogP contribution in [0, 0.1) is 59.3 Å². The molecule has 115 heavy (non-hydrogen) atoms. The predicted molar refractivity (Wildman–Crippen MR) is 459 cm³/mol. The van der Waals surface area contributed by atoms with Gasteiger partial charge in [-0.25, -0.2) is 15.0 Å². The molecule has 3 saturated heterocycles. The molecule has 8 fully saturated rings. The number of aromatic nitrogens is 9. The van der Waals surface area contributed by atoms with Crippen LogP contribution in [0.3, 0.4) is 0 Å². The van der Waals surface area contributed by atoms with Crippen molar-refractivity contribution in [3.8, 4) is 0 Å². The Morgan fingerprint density at radius 2 is 0.670 bits per heavy atom. The number of nitrogens with zero attached hydrogens (tertiary/aromatic N) is 12. The SMILES string of the molecule is CCC(CC)CNc1ncc2c(C3CCN(C(=O)c4cc(C)cc(C)c4)CC3)cn(C3CCC(O)CC3)c2n1.CC[C@@H]1C[C@H]1Nc1ncc2c(C3CCN(C(=O)c4cc(C)cc(C)c4)CC3)cn(C3CCC(O)CC3)c2n1.CC[C@H]1C[C@@H]1Nc1ncc2c(C3CCN(C(=O)c4cc(C)cc(C)c4)CC3)cn(C3CCC(O)CC3)c2n1. The van der Waals surface area contributed by atoms with Crippen LogP contribution in [0.2, 0.25) is 0 Å². The Labute approximate surface area is 680 Å². The minimum atomic E-state index is -0.187. The van der Waals surface area contributed by atoms with E-state index in [-0.39, 0.29) is 36.0 Å². The van der Waals surface area contributed by atoms with Crippen LogP contribution in [0.4, 0.5) is 17.8 Å². The molecule has 9 heterocycles. The van der Waals surface area contributed by atoms with Gasteiger partial charge in [0.15, 0.2) is 0 Å². The first kappa shape index (κ1) is 81.4. The van der Waals surface area contributed by atoms with E-state index in [1.165, 1.54) is 42.4 Å². The number of amides is 3. The molecule has 4 atom stereocenters. The first-order chi connectivity index (χ1) is 55.6. The maximum absolute atomic E-state index is 13.3. The lowest BCUT2D eigenvalue weighted by molar-refractivity contribution is 0.0705. The second-order valence-electron chi connectivity index (χ2n) is 35.9. The molecule has 8 aliphatic rings. The van der Waals surface area contributed by atoms with Gasteiger partial charge in [-0.3, -0.25) is 14.4 Å². The highest BCUT2D eigenvalue weighted by Gasteiger charge is 2.39. The fourth-order valence-corrected chi connectivity index (χ4v) is 20.1. The third-order valence-electron chi connectivity index (χ3n) is 27.3. The zero-order valence-electron chi connectivity index (χ0n) is 70.1. The second kappa shape index (κ2) is 36.0. The summed E-state index contributed by atoms with van der Waals surface area (Å²) in [4.78, 5) is 75.2. The summed E-state index contributed by atoms with van der Waals surface area (Å²) in [6.45, 7) is 26.7. The number of hydrogen-bond acceptors (Lipinski definition) is 15. The van der Waals surface area contributed by atoms with Crippen LogP contribution in [0.1, 0.15) is 299 Å². The summed E-state index contributed by atoms with van der Waals surface area (Å²) in [5, 5.41) is 44.3. The fourth-order valence-electron chi connectivity index (χ4n) is 20.1. The molecule has 21 nitrogen and oxygen atoms in total. The van der Waals surface area contributed by atoms with Gasteiger partial charge in [-0.05, 0) is 259 Å². The van der Waals surface area contributed by atoms with Crippen LogP contribution in [0.15, 0.2) is 91.8 Å². The Kier molecular flexibility index (Phi) is 25.5. The highest BCUT2D eigenvalue weighted by molar-refractivity contribution is 5.96. The number of rotatable bonds is 20. The maximum atomic E-state index is 13.3. The molecule has 3 aromatic carbocycles. The number of carbonyl (C=O) groups is 3. The van der Waals surface area contributed by atoms with E-state index in [9.17, 15) is 29.7 Å². The minimum Gasteiger partial charge on any atom is -0.393 e. The van der Waals surface area contributed by atoms with Gasteiger partial charge < -0.3 is 59.7 Å². The number of piperidine rings is 3. The predicted octanol–water partition coefficient (Wildman–Crippen LogP) is 17.9. The zero-order chi connectivity index (χ0) is 80.3. The van der Waals surface area contributed by atoms with E-state index in [4.69, 9.17) is 29.9 Å². The molecule has 3 amide bonds. The number of carbonyl (C=O) groups excluding carboxylic acids is 3. The number of anilines is 3. The molecule has 0 spiro atoms. The number of aryl methyl sites for hydroxylation is 6. The number of aliphatic hydroxyl groups is 3. The summed E-state index contributed by atoms with van der Waals surface area (Å²) in [5.41, 5.74) is 16.1. The molecular weight excluding hydrogens is 1440 g/mol. The lowest BCUT2D eigenvalue weighted by Gasteiger charge is -2.32. The van der Waals surface area contributed by atoms with E-state index in [2.05, 4.69) is 122 Å². The summed E-state index contributed by atoms with van der Waals surface area (Å²) in [7, 11) is 0. The molecule has 9 aromatic rings. The van der Waals surface area contributed by atoms with Crippen molar-refractivity contribution in [3.05, 3.63) is 159 Å². The van der Waals surface area contributed by atoms with Gasteiger partial charge in [0.05, 0.1) is 18.3 Å². The molecule has 5 aliphatic carbocycles. The second-order valence-corrected chi connectivity index (χ2v) is 35.9. The Balaban J connectivity index is 0.000000136. The van der Waals surface area contributed by atoms with Crippen molar-refractivity contribution in [1.82, 2.24) is 58.3 Å². The van der Waals surface area contributed by atoms with Crippen LogP contribution in [0.25, 0.3) is 33.1 Å². The van der Waals surface area contributed by atoms with Crippen LogP contribution in [0.5, 0.6) is 0 Å².